The predicted octanol–water partition coefficient (Wildman–Crippen LogP) is 5.22. The van der Waals surface area contributed by atoms with Crippen LogP contribution in [0.15, 0.2) is 45.9 Å². The number of benzene rings is 1. The fraction of sp³-hybridized carbons (Fsp3) is 0.100. The summed E-state index contributed by atoms with van der Waals surface area (Å²) in [6.45, 7) is 1.06. The number of hydrogen-bond donors (Lipinski definition) is 1. The number of aromatic nitrogens is 2. The van der Waals surface area contributed by atoms with Gasteiger partial charge in [0.25, 0.3) is 5.56 Å². The minimum atomic E-state index is -0.196. The zero-order valence-corrected chi connectivity index (χ0v) is 16.8. The van der Waals surface area contributed by atoms with Crippen LogP contribution in [-0.4, -0.2) is 23.2 Å². The molecule has 28 heavy (non-hydrogen) atoms. The van der Waals surface area contributed by atoms with Gasteiger partial charge < -0.3 is 14.5 Å². The van der Waals surface area contributed by atoms with Crippen LogP contribution in [0.1, 0.15) is 11.4 Å². The highest BCUT2D eigenvalue weighted by Gasteiger charge is 2.15. The number of hydrogen-bond acceptors (Lipinski definition) is 6. The predicted molar refractivity (Wildman–Crippen MR) is 115 cm³/mol. The van der Waals surface area contributed by atoms with Gasteiger partial charge in [0.05, 0.1) is 10.4 Å². The molecule has 0 bridgehead atoms. The number of rotatable bonds is 3. The van der Waals surface area contributed by atoms with Gasteiger partial charge in [-0.05, 0) is 35.2 Å². The van der Waals surface area contributed by atoms with Crippen molar-refractivity contribution in [3.63, 3.8) is 0 Å². The SMILES string of the molecule is O=c1[nH]c(/C(Cl)=C/c2ccc3c(c2)OCCO3)nc2scc(-c3cccs3)c12. The number of ether oxygens (including phenoxy) is 2. The van der Waals surface area contributed by atoms with Crippen molar-refractivity contribution in [1.29, 1.82) is 0 Å². The fourth-order valence-corrected chi connectivity index (χ4v) is 5.02. The molecule has 1 aliphatic heterocycles. The number of halogens is 1. The summed E-state index contributed by atoms with van der Waals surface area (Å²) in [7, 11) is 0. The van der Waals surface area contributed by atoms with Crippen LogP contribution in [0, 0.1) is 0 Å². The Morgan fingerprint density at radius 3 is 2.86 bits per heavy atom. The minimum Gasteiger partial charge on any atom is -0.486 e. The smallest absolute Gasteiger partial charge is 0.260 e. The molecule has 1 aliphatic rings. The van der Waals surface area contributed by atoms with Crippen LogP contribution >= 0.6 is 34.3 Å². The van der Waals surface area contributed by atoms with Gasteiger partial charge in [0.15, 0.2) is 17.3 Å². The van der Waals surface area contributed by atoms with Crippen LogP contribution in [0.3, 0.4) is 0 Å². The summed E-state index contributed by atoms with van der Waals surface area (Å²) in [6.07, 6.45) is 1.75. The molecule has 140 valence electrons. The van der Waals surface area contributed by atoms with E-state index in [1.165, 1.54) is 11.3 Å². The van der Waals surface area contributed by atoms with Crippen molar-refractivity contribution in [2.45, 2.75) is 0 Å². The zero-order chi connectivity index (χ0) is 19.1. The normalized spacial score (nSPS) is 13.8. The van der Waals surface area contributed by atoms with Crippen LogP contribution in [0.25, 0.3) is 31.8 Å². The standard InChI is InChI=1S/C20H13ClN2O3S2/c21-13(8-11-3-4-14-15(9-11)26-6-5-25-14)18-22-19(24)17-12(10-28-20(17)23-18)16-2-1-7-27-16/h1-4,7-10H,5-6H2,(H,22,23,24)/b13-8-. The first-order chi connectivity index (χ1) is 13.7. The van der Waals surface area contributed by atoms with Gasteiger partial charge >= 0.3 is 0 Å². The maximum atomic E-state index is 12.7. The van der Waals surface area contributed by atoms with E-state index in [1.54, 1.807) is 17.4 Å². The highest BCUT2D eigenvalue weighted by atomic mass is 35.5. The van der Waals surface area contributed by atoms with Crippen LogP contribution in [0.5, 0.6) is 11.5 Å². The molecular weight excluding hydrogens is 416 g/mol. The number of aromatic amines is 1. The average molecular weight is 429 g/mol. The lowest BCUT2D eigenvalue weighted by Crippen LogP contribution is -2.15. The molecule has 4 aromatic rings. The molecular formula is C20H13ClN2O3S2. The number of H-pyrrole nitrogens is 1. The van der Waals surface area contributed by atoms with Crippen molar-refractivity contribution in [3.8, 4) is 21.9 Å². The van der Waals surface area contributed by atoms with E-state index < -0.39 is 0 Å². The quantitative estimate of drug-likeness (QED) is 0.485. The number of fused-ring (bicyclic) bond motifs is 2. The average Bonchev–Trinajstić information content (AvgIpc) is 3.37. The Hall–Kier alpha value is -2.61. The molecule has 0 unspecified atom stereocenters. The second-order valence-corrected chi connectivity index (χ2v) is 8.33. The number of thiophene rings is 2. The molecule has 5 rings (SSSR count). The molecule has 0 amide bonds. The Morgan fingerprint density at radius 2 is 2.04 bits per heavy atom. The number of nitrogens with one attached hydrogen (secondary N) is 1. The maximum absolute atomic E-state index is 12.7. The van der Waals surface area contributed by atoms with Crippen molar-refractivity contribution in [1.82, 2.24) is 9.97 Å². The van der Waals surface area contributed by atoms with Crippen LogP contribution in [0.2, 0.25) is 0 Å². The Bertz CT molecular complexity index is 1260. The van der Waals surface area contributed by atoms with E-state index in [2.05, 4.69) is 9.97 Å². The van der Waals surface area contributed by atoms with Gasteiger partial charge in [0, 0.05) is 15.8 Å². The molecule has 3 aromatic heterocycles. The van der Waals surface area contributed by atoms with E-state index in [1.807, 2.05) is 41.1 Å². The van der Waals surface area contributed by atoms with E-state index in [0.29, 0.717) is 45.8 Å². The van der Waals surface area contributed by atoms with Crippen molar-refractivity contribution in [2.75, 3.05) is 13.2 Å². The minimum absolute atomic E-state index is 0.196. The van der Waals surface area contributed by atoms with Gasteiger partial charge in [-0.1, -0.05) is 23.7 Å². The molecule has 0 aliphatic carbocycles. The molecule has 1 aromatic carbocycles. The lowest BCUT2D eigenvalue weighted by Gasteiger charge is -2.18. The molecule has 5 nitrogen and oxygen atoms in total. The molecule has 0 atom stereocenters. The summed E-state index contributed by atoms with van der Waals surface area (Å²) in [5.74, 6) is 1.74. The molecule has 0 saturated heterocycles. The van der Waals surface area contributed by atoms with E-state index in [9.17, 15) is 4.79 Å². The van der Waals surface area contributed by atoms with Crippen LogP contribution < -0.4 is 15.0 Å². The Balaban J connectivity index is 1.54. The first-order valence-electron chi connectivity index (χ1n) is 8.51. The Kier molecular flexibility index (Phi) is 4.43. The van der Waals surface area contributed by atoms with Crippen LogP contribution in [0.4, 0.5) is 0 Å². The summed E-state index contributed by atoms with van der Waals surface area (Å²) in [5, 5.41) is 4.89. The van der Waals surface area contributed by atoms with Gasteiger partial charge in [-0.15, -0.1) is 22.7 Å². The molecule has 0 saturated carbocycles. The third kappa shape index (κ3) is 3.11. The van der Waals surface area contributed by atoms with Crippen LogP contribution in [-0.2, 0) is 0 Å². The second-order valence-electron chi connectivity index (χ2n) is 6.12. The van der Waals surface area contributed by atoms with Gasteiger partial charge in [-0.3, -0.25) is 4.79 Å². The molecule has 0 fully saturated rings. The van der Waals surface area contributed by atoms with E-state index >= 15 is 0 Å². The third-order valence-corrected chi connectivity index (χ3v) is 6.38. The van der Waals surface area contributed by atoms with Crippen molar-refractivity contribution < 1.29 is 9.47 Å². The largest absolute Gasteiger partial charge is 0.486 e. The first kappa shape index (κ1) is 17.5. The molecule has 4 heterocycles. The highest BCUT2D eigenvalue weighted by Crippen LogP contribution is 2.35. The summed E-state index contributed by atoms with van der Waals surface area (Å²) >= 11 is 9.50. The van der Waals surface area contributed by atoms with Crippen molar-refractivity contribution in [2.24, 2.45) is 0 Å². The molecule has 0 radical (unpaired) electrons. The summed E-state index contributed by atoms with van der Waals surface area (Å²) < 4.78 is 11.1. The first-order valence-corrected chi connectivity index (χ1v) is 10.7. The zero-order valence-electron chi connectivity index (χ0n) is 14.4. The van der Waals surface area contributed by atoms with E-state index in [-0.39, 0.29) is 5.56 Å². The fourth-order valence-electron chi connectivity index (χ4n) is 3.04. The topological polar surface area (TPSA) is 64.2 Å². The van der Waals surface area contributed by atoms with Gasteiger partial charge in [-0.2, -0.15) is 0 Å². The second kappa shape index (κ2) is 7.09. The molecule has 0 spiro atoms. The summed E-state index contributed by atoms with van der Waals surface area (Å²) in [5.41, 5.74) is 1.54. The summed E-state index contributed by atoms with van der Waals surface area (Å²) in [4.78, 5) is 21.8. The monoisotopic (exact) mass is 428 g/mol. The highest BCUT2D eigenvalue weighted by molar-refractivity contribution is 7.18. The van der Waals surface area contributed by atoms with Crippen molar-refractivity contribution in [3.05, 3.63) is 62.8 Å². The van der Waals surface area contributed by atoms with E-state index in [0.717, 1.165) is 16.0 Å². The van der Waals surface area contributed by atoms with Gasteiger partial charge in [0.2, 0.25) is 0 Å². The van der Waals surface area contributed by atoms with Crippen molar-refractivity contribution >= 4 is 55.6 Å². The van der Waals surface area contributed by atoms with Gasteiger partial charge in [-0.25, -0.2) is 4.98 Å². The molecule has 1 N–H and O–H groups in total. The maximum Gasteiger partial charge on any atom is 0.260 e. The van der Waals surface area contributed by atoms with Gasteiger partial charge in [0.1, 0.15) is 18.0 Å². The Morgan fingerprint density at radius 1 is 1.18 bits per heavy atom. The number of nitrogens with zero attached hydrogens (tertiary/aromatic N) is 1. The molecule has 8 heteroatoms. The third-order valence-electron chi connectivity index (χ3n) is 4.32. The lowest BCUT2D eigenvalue weighted by molar-refractivity contribution is 0.171. The lowest BCUT2D eigenvalue weighted by atomic mass is 10.1. The Labute approximate surface area is 172 Å². The van der Waals surface area contributed by atoms with E-state index in [4.69, 9.17) is 21.1 Å². The summed E-state index contributed by atoms with van der Waals surface area (Å²) in [6, 6.07) is 9.54.